The lowest BCUT2D eigenvalue weighted by Gasteiger charge is -2.27. The molecule has 7 nitrogen and oxygen atoms in total. The van der Waals surface area contributed by atoms with Gasteiger partial charge >= 0.3 is 17.5 Å². The molecule has 0 aliphatic heterocycles. The molecule has 4 rings (SSSR count). The molecule has 37 heavy (non-hydrogen) atoms. The van der Waals surface area contributed by atoms with Crippen molar-refractivity contribution in [2.45, 2.75) is 32.9 Å². The first kappa shape index (κ1) is 25.9. The van der Waals surface area contributed by atoms with E-state index in [4.69, 9.17) is 9.47 Å². The van der Waals surface area contributed by atoms with Gasteiger partial charge in [-0.2, -0.15) is 0 Å². The molecule has 8 heteroatoms. The maximum atomic E-state index is 14.5. The largest absolute Gasteiger partial charge is 0.463 e. The second-order valence-electron chi connectivity index (χ2n) is 8.48. The fourth-order valence-corrected chi connectivity index (χ4v) is 4.47. The van der Waals surface area contributed by atoms with Crippen molar-refractivity contribution in [3.63, 3.8) is 0 Å². The minimum atomic E-state index is -2.76. The number of aryl methyl sites for hydroxylation is 1. The van der Waals surface area contributed by atoms with Crippen LogP contribution in [0.3, 0.4) is 0 Å². The quantitative estimate of drug-likeness (QED) is 0.246. The molecule has 0 aliphatic carbocycles. The maximum absolute atomic E-state index is 14.5. The minimum Gasteiger partial charge on any atom is -0.463 e. The van der Waals surface area contributed by atoms with E-state index in [0.717, 1.165) is 5.56 Å². The van der Waals surface area contributed by atoms with Crippen molar-refractivity contribution in [1.29, 1.82) is 0 Å². The number of hydrogen-bond acceptors (Lipinski definition) is 6. The monoisotopic (exact) mass is 504 g/mol. The summed E-state index contributed by atoms with van der Waals surface area (Å²) in [6.07, 6.45) is 0. The van der Waals surface area contributed by atoms with Crippen LogP contribution < -0.4 is 5.32 Å². The van der Waals surface area contributed by atoms with Gasteiger partial charge in [-0.1, -0.05) is 48.5 Å². The Morgan fingerprint density at radius 1 is 0.946 bits per heavy atom. The highest BCUT2D eigenvalue weighted by Gasteiger charge is 2.53. The molecule has 0 fully saturated rings. The zero-order valence-electron chi connectivity index (χ0n) is 21.0. The van der Waals surface area contributed by atoms with Crippen LogP contribution in [0.2, 0.25) is 0 Å². The third-order valence-electron chi connectivity index (χ3n) is 6.14. The molecule has 0 saturated carbocycles. The summed E-state index contributed by atoms with van der Waals surface area (Å²) in [6.45, 7) is 5.15. The molecule has 0 radical (unpaired) electrons. The molecule has 0 saturated heterocycles. The third-order valence-corrected chi connectivity index (χ3v) is 6.14. The molecular weight excluding hydrogens is 475 g/mol. The van der Waals surface area contributed by atoms with Crippen molar-refractivity contribution in [3.8, 4) is 5.69 Å². The predicted octanol–water partition coefficient (Wildman–Crippen LogP) is 5.00. The topological polar surface area (TPSA) is 89.8 Å². The lowest BCUT2D eigenvalue weighted by atomic mass is 9.95. The first-order valence-electron chi connectivity index (χ1n) is 12.1. The van der Waals surface area contributed by atoms with E-state index in [1.807, 2.05) is 42.5 Å². The number of anilines is 1. The van der Waals surface area contributed by atoms with Gasteiger partial charge in [-0.05, 0) is 56.2 Å². The molecule has 0 atom stereocenters. The molecular formula is C29H29FN2O5. The van der Waals surface area contributed by atoms with E-state index >= 15 is 0 Å². The Morgan fingerprint density at radius 3 is 2.22 bits per heavy atom. The summed E-state index contributed by atoms with van der Waals surface area (Å²) >= 11 is 0. The molecule has 3 aromatic carbocycles. The summed E-state index contributed by atoms with van der Waals surface area (Å²) in [5, 5.41) is 15.7. The van der Waals surface area contributed by atoms with E-state index < -0.39 is 23.4 Å². The lowest BCUT2D eigenvalue weighted by molar-refractivity contribution is -0.185. The van der Waals surface area contributed by atoms with Crippen LogP contribution in [-0.2, 0) is 31.2 Å². The highest BCUT2D eigenvalue weighted by Crippen LogP contribution is 2.39. The molecule has 0 amide bonds. The fraction of sp³-hybridized carbons (Fsp3) is 0.241. The number of fused-ring (bicyclic) bond motifs is 1. The second-order valence-corrected chi connectivity index (χ2v) is 8.48. The third kappa shape index (κ3) is 4.80. The number of benzene rings is 3. The van der Waals surface area contributed by atoms with Crippen LogP contribution in [0, 0.1) is 12.7 Å². The van der Waals surface area contributed by atoms with Crippen molar-refractivity contribution in [3.05, 3.63) is 95.4 Å². The number of para-hydroxylation sites is 1. The van der Waals surface area contributed by atoms with E-state index in [-0.39, 0.29) is 18.9 Å². The minimum absolute atomic E-state index is 0.0278. The van der Waals surface area contributed by atoms with Gasteiger partial charge in [-0.25, -0.2) is 14.0 Å². The normalized spacial score (nSPS) is 11.4. The Hall–Kier alpha value is -4.17. The number of carbonyl (C=O) groups excluding carboxylic acids is 2. The van der Waals surface area contributed by atoms with Crippen molar-refractivity contribution in [2.24, 2.45) is 0 Å². The molecule has 0 bridgehead atoms. The van der Waals surface area contributed by atoms with Gasteiger partial charge in [0.05, 0.1) is 35.8 Å². The van der Waals surface area contributed by atoms with Crippen LogP contribution >= 0.6 is 0 Å². The maximum Gasteiger partial charge on any atom is 0.356 e. The lowest BCUT2D eigenvalue weighted by Crippen LogP contribution is -2.48. The summed E-state index contributed by atoms with van der Waals surface area (Å²) in [5.74, 6) is -2.77. The van der Waals surface area contributed by atoms with Crippen molar-refractivity contribution in [1.82, 2.24) is 4.57 Å². The number of aliphatic hydroxyl groups is 1. The average molecular weight is 505 g/mol. The standard InChI is InChI=1S/C29H29FN2O5/c1-4-36-27(33)29(35,28(34)37-5-2)26-19(3)22-13-9-10-14-24(22)32(26)25-16-15-21(30)17-23(25)31-18-20-11-7-6-8-12-20/h6-17,31,35H,4-5,18H2,1-3H3. The van der Waals surface area contributed by atoms with Crippen LogP contribution in [-0.4, -0.2) is 34.8 Å². The highest BCUT2D eigenvalue weighted by atomic mass is 19.1. The smallest absolute Gasteiger partial charge is 0.356 e. The highest BCUT2D eigenvalue weighted by molar-refractivity contribution is 6.06. The average Bonchev–Trinajstić information content (AvgIpc) is 3.20. The summed E-state index contributed by atoms with van der Waals surface area (Å²) in [5.41, 5.74) is 0.111. The van der Waals surface area contributed by atoms with Gasteiger partial charge in [0.1, 0.15) is 5.82 Å². The van der Waals surface area contributed by atoms with Gasteiger partial charge in [0, 0.05) is 11.9 Å². The number of aromatic nitrogens is 1. The van der Waals surface area contributed by atoms with Crippen LogP contribution in [0.25, 0.3) is 16.6 Å². The van der Waals surface area contributed by atoms with Crippen LogP contribution in [0.5, 0.6) is 0 Å². The Labute approximate surface area is 214 Å². The SMILES string of the molecule is CCOC(=O)C(O)(C(=O)OCC)c1c(C)c2ccccc2n1-c1ccc(F)cc1NCc1ccccc1. The first-order chi connectivity index (χ1) is 17.8. The van der Waals surface area contributed by atoms with Gasteiger partial charge in [0.2, 0.25) is 0 Å². The van der Waals surface area contributed by atoms with Gasteiger partial charge < -0.3 is 24.5 Å². The van der Waals surface area contributed by atoms with E-state index in [9.17, 15) is 19.1 Å². The summed E-state index contributed by atoms with van der Waals surface area (Å²) in [4.78, 5) is 26.4. The van der Waals surface area contributed by atoms with Gasteiger partial charge in [-0.15, -0.1) is 0 Å². The van der Waals surface area contributed by atoms with Crippen LogP contribution in [0.4, 0.5) is 10.1 Å². The molecule has 1 heterocycles. The van der Waals surface area contributed by atoms with Gasteiger partial charge in [0.25, 0.3) is 0 Å². The van der Waals surface area contributed by atoms with Gasteiger partial charge in [-0.3, -0.25) is 0 Å². The Kier molecular flexibility index (Phi) is 7.59. The number of esters is 2. The molecule has 1 aromatic heterocycles. The van der Waals surface area contributed by atoms with Crippen molar-refractivity contribution < 1.29 is 28.6 Å². The summed E-state index contributed by atoms with van der Waals surface area (Å²) in [6, 6.07) is 21.0. The fourth-order valence-electron chi connectivity index (χ4n) is 4.47. The zero-order chi connectivity index (χ0) is 26.6. The van der Waals surface area contributed by atoms with Crippen LogP contribution in [0.1, 0.15) is 30.7 Å². The van der Waals surface area contributed by atoms with E-state index in [2.05, 4.69) is 5.32 Å². The van der Waals surface area contributed by atoms with Crippen molar-refractivity contribution in [2.75, 3.05) is 18.5 Å². The second kappa shape index (κ2) is 10.8. The molecule has 2 N–H and O–H groups in total. The van der Waals surface area contributed by atoms with Crippen molar-refractivity contribution >= 4 is 28.5 Å². The van der Waals surface area contributed by atoms with E-state index in [1.165, 1.54) is 18.2 Å². The molecule has 4 aromatic rings. The Bertz CT molecular complexity index is 1410. The zero-order valence-corrected chi connectivity index (χ0v) is 21.0. The first-order valence-corrected chi connectivity index (χ1v) is 12.1. The number of ether oxygens (including phenoxy) is 2. The molecule has 0 spiro atoms. The molecule has 0 unspecified atom stereocenters. The summed E-state index contributed by atoms with van der Waals surface area (Å²) in [7, 11) is 0. The summed E-state index contributed by atoms with van der Waals surface area (Å²) < 4.78 is 26.3. The van der Waals surface area contributed by atoms with E-state index in [1.54, 1.807) is 37.5 Å². The van der Waals surface area contributed by atoms with E-state index in [0.29, 0.717) is 34.4 Å². The number of rotatable bonds is 9. The predicted molar refractivity (Wildman–Crippen MR) is 139 cm³/mol. The van der Waals surface area contributed by atoms with Gasteiger partial charge in [0.15, 0.2) is 0 Å². The number of nitrogens with one attached hydrogen (secondary N) is 1. The number of halogens is 1. The Morgan fingerprint density at radius 2 is 1.57 bits per heavy atom. The molecule has 0 aliphatic rings. The Balaban J connectivity index is 1.99. The van der Waals surface area contributed by atoms with Crippen LogP contribution in [0.15, 0.2) is 72.8 Å². The number of carbonyl (C=O) groups is 2. The number of hydrogen-bond donors (Lipinski definition) is 2. The number of nitrogens with zero attached hydrogens (tertiary/aromatic N) is 1. The molecule has 192 valence electrons.